The molecule has 5 aliphatic rings. The van der Waals surface area contributed by atoms with Crippen LogP contribution in [-0.4, -0.2) is 87.2 Å². The summed E-state index contributed by atoms with van der Waals surface area (Å²) in [6, 6.07) is 0. The second kappa shape index (κ2) is 10.8. The van der Waals surface area contributed by atoms with Crippen molar-refractivity contribution >= 4 is 29.7 Å². The number of epoxide rings is 1. The fraction of sp³-hybridized carbons (Fsp3) is 0.794. The molecule has 1 saturated heterocycles. The van der Waals surface area contributed by atoms with Gasteiger partial charge in [-0.25, -0.2) is 0 Å². The standard InChI is InChI=1S/C34H48O12/c1-11-15(3)27(38)44-25-18(6)32(40)21-13-17(5)24(37)33(21,41)29(43-20(8)36)31(14-42-19(7)35)26(45-31)22(32)23-30(9,10)34(23,25)46-28(39)16(4)12-2/h13,15-18,22-23,25-26,29,40-41H,11-12,14H2,1-10H3. The fourth-order valence-electron chi connectivity index (χ4n) is 8.87. The van der Waals surface area contributed by atoms with Crippen molar-refractivity contribution in [3.8, 4) is 0 Å². The number of ketones is 1. The molecule has 13 unspecified atom stereocenters. The second-order valence-electron chi connectivity index (χ2n) is 14.8. The van der Waals surface area contributed by atoms with Gasteiger partial charge in [0.25, 0.3) is 0 Å². The van der Waals surface area contributed by atoms with E-state index in [1.54, 1.807) is 27.7 Å². The zero-order valence-corrected chi connectivity index (χ0v) is 28.4. The number of aliphatic hydroxyl groups is 2. The van der Waals surface area contributed by atoms with Gasteiger partial charge in [0.15, 0.2) is 28.7 Å². The molecule has 46 heavy (non-hydrogen) atoms. The van der Waals surface area contributed by atoms with E-state index in [4.69, 9.17) is 23.7 Å². The van der Waals surface area contributed by atoms with Crippen LogP contribution in [0.15, 0.2) is 11.6 Å². The zero-order chi connectivity index (χ0) is 34.5. The third-order valence-electron chi connectivity index (χ3n) is 11.9. The normalized spacial score (nSPS) is 44.0. The highest BCUT2D eigenvalue weighted by Gasteiger charge is 2.93. The summed E-state index contributed by atoms with van der Waals surface area (Å²) in [6.45, 7) is 15.9. The van der Waals surface area contributed by atoms with E-state index in [0.717, 1.165) is 6.92 Å². The average molecular weight is 649 g/mol. The topological polar surface area (TPSA) is 175 Å². The quantitative estimate of drug-likeness (QED) is 0.162. The molecular formula is C34H48O12. The molecule has 1 heterocycles. The minimum Gasteiger partial charge on any atom is -0.463 e. The van der Waals surface area contributed by atoms with Gasteiger partial charge in [-0.15, -0.1) is 0 Å². The van der Waals surface area contributed by atoms with Gasteiger partial charge in [-0.1, -0.05) is 61.5 Å². The molecule has 0 aromatic heterocycles. The fourth-order valence-corrected chi connectivity index (χ4v) is 8.87. The van der Waals surface area contributed by atoms with Gasteiger partial charge in [0.2, 0.25) is 0 Å². The van der Waals surface area contributed by atoms with Crippen LogP contribution >= 0.6 is 0 Å². The maximum absolute atomic E-state index is 14.0. The number of fused-ring (bicyclic) bond motifs is 7. The third kappa shape index (κ3) is 4.31. The van der Waals surface area contributed by atoms with Gasteiger partial charge >= 0.3 is 23.9 Å². The van der Waals surface area contributed by atoms with E-state index in [-0.39, 0.29) is 5.57 Å². The van der Waals surface area contributed by atoms with Crippen molar-refractivity contribution in [3.63, 3.8) is 0 Å². The number of hydrogen-bond acceptors (Lipinski definition) is 12. The Labute approximate surface area is 269 Å². The molecule has 12 nitrogen and oxygen atoms in total. The molecule has 0 spiro atoms. The van der Waals surface area contributed by atoms with Crippen molar-refractivity contribution in [3.05, 3.63) is 11.6 Å². The summed E-state index contributed by atoms with van der Waals surface area (Å²) < 4.78 is 30.1. The Hall–Kier alpha value is -2.83. The summed E-state index contributed by atoms with van der Waals surface area (Å²) in [5.74, 6) is -7.89. The van der Waals surface area contributed by atoms with Crippen molar-refractivity contribution in [2.24, 2.45) is 40.9 Å². The third-order valence-corrected chi connectivity index (χ3v) is 11.9. The molecule has 4 aliphatic carbocycles. The van der Waals surface area contributed by atoms with E-state index in [9.17, 15) is 34.2 Å². The van der Waals surface area contributed by atoms with E-state index >= 15 is 0 Å². The molecular weight excluding hydrogens is 600 g/mol. The summed E-state index contributed by atoms with van der Waals surface area (Å²) in [5, 5.41) is 25.8. The lowest BCUT2D eigenvalue weighted by atomic mass is 9.60. The molecule has 0 radical (unpaired) electrons. The largest absolute Gasteiger partial charge is 0.463 e. The van der Waals surface area contributed by atoms with Gasteiger partial charge in [0.1, 0.15) is 24.4 Å². The number of Topliss-reactive ketones (excluding diaryl/α,β-unsaturated/α-hetero) is 1. The number of hydrogen-bond donors (Lipinski definition) is 2. The summed E-state index contributed by atoms with van der Waals surface area (Å²) in [5.41, 5.74) is -8.79. The first-order chi connectivity index (χ1) is 21.2. The molecule has 0 amide bonds. The molecule has 256 valence electrons. The molecule has 4 fully saturated rings. The Morgan fingerprint density at radius 2 is 1.54 bits per heavy atom. The Bertz CT molecular complexity index is 1390. The Kier molecular flexibility index (Phi) is 8.14. The molecule has 0 aromatic rings. The SMILES string of the molecule is CCC(C)C(=O)OC1C(C)C2(O)C3=CC(C)C(=O)C3(O)C(OC(C)=O)C3(COC(C)=O)OC3C2C2C(C)(C)C12OC(=O)C(C)CC. The number of esters is 4. The first-order valence-electron chi connectivity index (χ1n) is 16.4. The highest BCUT2D eigenvalue weighted by molar-refractivity contribution is 5.99. The molecule has 12 heteroatoms. The Morgan fingerprint density at radius 1 is 0.957 bits per heavy atom. The van der Waals surface area contributed by atoms with Crippen molar-refractivity contribution in [1.82, 2.24) is 0 Å². The first kappa shape index (κ1) is 34.5. The predicted octanol–water partition coefficient (Wildman–Crippen LogP) is 2.45. The molecule has 5 rings (SSSR count). The van der Waals surface area contributed by atoms with Gasteiger partial charge in [-0.3, -0.25) is 24.0 Å². The lowest BCUT2D eigenvalue weighted by Crippen LogP contribution is -2.66. The smallest absolute Gasteiger partial charge is 0.309 e. The van der Waals surface area contributed by atoms with E-state index in [2.05, 4.69) is 0 Å². The van der Waals surface area contributed by atoms with Gasteiger partial charge in [-0.05, 0) is 12.8 Å². The first-order valence-corrected chi connectivity index (χ1v) is 16.4. The van der Waals surface area contributed by atoms with Crippen LogP contribution in [0.5, 0.6) is 0 Å². The van der Waals surface area contributed by atoms with Gasteiger partial charge in [0.05, 0.1) is 11.8 Å². The average Bonchev–Trinajstić information content (AvgIpc) is 3.81. The molecule has 2 N–H and O–H groups in total. The number of carbonyl (C=O) groups is 5. The predicted molar refractivity (Wildman–Crippen MR) is 159 cm³/mol. The number of rotatable bonds is 9. The van der Waals surface area contributed by atoms with Crippen LogP contribution in [0.4, 0.5) is 0 Å². The van der Waals surface area contributed by atoms with Crippen LogP contribution in [0.1, 0.15) is 82.1 Å². The van der Waals surface area contributed by atoms with E-state index in [0.29, 0.717) is 12.8 Å². The highest BCUT2D eigenvalue weighted by atomic mass is 16.7. The van der Waals surface area contributed by atoms with Crippen LogP contribution < -0.4 is 0 Å². The van der Waals surface area contributed by atoms with Gasteiger partial charge in [0, 0.05) is 48.5 Å². The molecule has 0 aromatic carbocycles. The van der Waals surface area contributed by atoms with Crippen LogP contribution in [-0.2, 0) is 47.7 Å². The van der Waals surface area contributed by atoms with Gasteiger partial charge in [-0.2, -0.15) is 0 Å². The zero-order valence-electron chi connectivity index (χ0n) is 28.4. The van der Waals surface area contributed by atoms with Crippen molar-refractivity contribution < 1.29 is 57.9 Å². The maximum Gasteiger partial charge on any atom is 0.309 e. The molecule has 0 bridgehead atoms. The van der Waals surface area contributed by atoms with E-state index < -0.39 is 118 Å². The molecule has 13 atom stereocenters. The number of carbonyl (C=O) groups excluding carboxylic acids is 5. The van der Waals surface area contributed by atoms with Crippen LogP contribution in [0.25, 0.3) is 0 Å². The van der Waals surface area contributed by atoms with Crippen LogP contribution in [0.3, 0.4) is 0 Å². The lowest BCUT2D eigenvalue weighted by Gasteiger charge is -2.52. The van der Waals surface area contributed by atoms with E-state index in [1.807, 2.05) is 27.7 Å². The second-order valence-corrected chi connectivity index (χ2v) is 14.8. The summed E-state index contributed by atoms with van der Waals surface area (Å²) >= 11 is 0. The van der Waals surface area contributed by atoms with Crippen LogP contribution in [0, 0.1) is 40.9 Å². The Morgan fingerprint density at radius 3 is 2.09 bits per heavy atom. The summed E-state index contributed by atoms with van der Waals surface area (Å²) in [4.78, 5) is 65.6. The maximum atomic E-state index is 14.0. The van der Waals surface area contributed by atoms with Crippen molar-refractivity contribution in [2.45, 2.75) is 123 Å². The molecule has 3 saturated carbocycles. The summed E-state index contributed by atoms with van der Waals surface area (Å²) in [7, 11) is 0. The van der Waals surface area contributed by atoms with Crippen molar-refractivity contribution in [2.75, 3.05) is 6.61 Å². The molecule has 1 aliphatic heterocycles. The Balaban J connectivity index is 1.77. The van der Waals surface area contributed by atoms with Crippen LogP contribution in [0.2, 0.25) is 0 Å². The minimum absolute atomic E-state index is 0.0895. The monoisotopic (exact) mass is 648 g/mol. The lowest BCUT2D eigenvalue weighted by molar-refractivity contribution is -0.218. The summed E-state index contributed by atoms with van der Waals surface area (Å²) in [6.07, 6.45) is -1.44. The minimum atomic E-state index is -2.57. The van der Waals surface area contributed by atoms with E-state index in [1.165, 1.54) is 13.0 Å². The van der Waals surface area contributed by atoms with Crippen molar-refractivity contribution in [1.29, 1.82) is 0 Å². The number of allylic oxidation sites excluding steroid dienone is 1. The number of ether oxygens (including phenoxy) is 5. The van der Waals surface area contributed by atoms with Gasteiger partial charge < -0.3 is 33.9 Å². The highest BCUT2D eigenvalue weighted by Crippen LogP contribution is 2.80.